The standard InChI is InChI=1S/C14H20N2/c15-10-14(5-6-14)13-3-1-2-11(8-13)12-4-7-16-9-12/h1-3,8,12,16H,4-7,9-10,15H2. The van der Waals surface area contributed by atoms with Crippen molar-refractivity contribution < 1.29 is 0 Å². The zero-order chi connectivity index (χ0) is 11.0. The van der Waals surface area contributed by atoms with Gasteiger partial charge in [0, 0.05) is 18.5 Å². The number of rotatable bonds is 3. The van der Waals surface area contributed by atoms with Crippen LogP contribution in [0.5, 0.6) is 0 Å². The Kier molecular flexibility index (Phi) is 2.49. The molecule has 0 spiro atoms. The third-order valence-electron chi connectivity index (χ3n) is 4.28. The van der Waals surface area contributed by atoms with Gasteiger partial charge in [-0.15, -0.1) is 0 Å². The third-order valence-corrected chi connectivity index (χ3v) is 4.28. The molecule has 1 heterocycles. The maximum atomic E-state index is 5.89. The molecule has 1 atom stereocenters. The lowest BCUT2D eigenvalue weighted by molar-refractivity contribution is 0.696. The topological polar surface area (TPSA) is 38.0 Å². The van der Waals surface area contributed by atoms with E-state index in [9.17, 15) is 0 Å². The van der Waals surface area contributed by atoms with Gasteiger partial charge in [0.15, 0.2) is 0 Å². The Bertz CT molecular complexity index is 376. The molecule has 0 amide bonds. The molecule has 3 N–H and O–H groups in total. The van der Waals surface area contributed by atoms with Gasteiger partial charge in [-0.2, -0.15) is 0 Å². The summed E-state index contributed by atoms with van der Waals surface area (Å²) < 4.78 is 0. The summed E-state index contributed by atoms with van der Waals surface area (Å²) in [6.45, 7) is 3.11. The normalized spacial score (nSPS) is 26.9. The van der Waals surface area contributed by atoms with Gasteiger partial charge in [0.05, 0.1) is 0 Å². The predicted molar refractivity (Wildman–Crippen MR) is 66.6 cm³/mol. The fourth-order valence-electron chi connectivity index (χ4n) is 2.82. The molecule has 16 heavy (non-hydrogen) atoms. The molecule has 0 radical (unpaired) electrons. The SMILES string of the molecule is NCC1(c2cccc(C3CCNC3)c2)CC1. The molecule has 3 rings (SSSR count). The second-order valence-electron chi connectivity index (χ2n) is 5.30. The highest BCUT2D eigenvalue weighted by Gasteiger charge is 2.42. The fraction of sp³-hybridized carbons (Fsp3) is 0.571. The van der Waals surface area contributed by atoms with E-state index in [-0.39, 0.29) is 0 Å². The smallest absolute Gasteiger partial charge is 0.00763 e. The third kappa shape index (κ3) is 1.66. The Morgan fingerprint density at radius 2 is 2.25 bits per heavy atom. The number of nitrogens with two attached hydrogens (primary N) is 1. The van der Waals surface area contributed by atoms with Crippen molar-refractivity contribution >= 4 is 0 Å². The summed E-state index contributed by atoms with van der Waals surface area (Å²) in [5, 5.41) is 3.43. The molecule has 1 aliphatic heterocycles. The van der Waals surface area contributed by atoms with Gasteiger partial charge in [-0.1, -0.05) is 24.3 Å². The fourth-order valence-corrected chi connectivity index (χ4v) is 2.82. The van der Waals surface area contributed by atoms with Crippen LogP contribution >= 0.6 is 0 Å². The quantitative estimate of drug-likeness (QED) is 0.808. The van der Waals surface area contributed by atoms with Gasteiger partial charge in [-0.25, -0.2) is 0 Å². The highest BCUT2D eigenvalue weighted by atomic mass is 14.9. The van der Waals surface area contributed by atoms with Crippen LogP contribution in [0.15, 0.2) is 24.3 Å². The second kappa shape index (κ2) is 3.86. The summed E-state index contributed by atoms with van der Waals surface area (Å²) in [6, 6.07) is 9.13. The Morgan fingerprint density at radius 3 is 2.88 bits per heavy atom. The lowest BCUT2D eigenvalue weighted by Crippen LogP contribution is -2.20. The van der Waals surface area contributed by atoms with Gasteiger partial charge >= 0.3 is 0 Å². The van der Waals surface area contributed by atoms with Crippen LogP contribution in [-0.4, -0.2) is 19.6 Å². The van der Waals surface area contributed by atoms with Crippen LogP contribution in [0.4, 0.5) is 0 Å². The molecule has 1 aromatic rings. The second-order valence-corrected chi connectivity index (χ2v) is 5.30. The first-order valence-corrected chi connectivity index (χ1v) is 6.35. The first-order chi connectivity index (χ1) is 7.84. The molecule has 0 aromatic heterocycles. The van der Waals surface area contributed by atoms with Gasteiger partial charge in [0.1, 0.15) is 0 Å². The van der Waals surface area contributed by atoms with Crippen molar-refractivity contribution in [3.05, 3.63) is 35.4 Å². The number of hydrogen-bond acceptors (Lipinski definition) is 2. The van der Waals surface area contributed by atoms with Crippen LogP contribution in [-0.2, 0) is 5.41 Å². The molecular formula is C14H20N2. The molecule has 1 aliphatic carbocycles. The predicted octanol–water partition coefficient (Wildman–Crippen LogP) is 1.75. The lowest BCUT2D eigenvalue weighted by Gasteiger charge is -2.16. The Hall–Kier alpha value is -0.860. The maximum Gasteiger partial charge on any atom is 0.00763 e. The van der Waals surface area contributed by atoms with Crippen LogP contribution in [0.2, 0.25) is 0 Å². The van der Waals surface area contributed by atoms with E-state index in [0.717, 1.165) is 19.6 Å². The van der Waals surface area contributed by atoms with Gasteiger partial charge < -0.3 is 11.1 Å². The molecule has 86 valence electrons. The Morgan fingerprint density at radius 1 is 1.38 bits per heavy atom. The number of nitrogens with one attached hydrogen (secondary N) is 1. The van der Waals surface area contributed by atoms with E-state index in [0.29, 0.717) is 11.3 Å². The summed E-state index contributed by atoms with van der Waals surface area (Å²) in [7, 11) is 0. The first-order valence-electron chi connectivity index (χ1n) is 6.35. The average molecular weight is 216 g/mol. The number of hydrogen-bond donors (Lipinski definition) is 2. The van der Waals surface area contributed by atoms with Crippen molar-refractivity contribution in [2.24, 2.45) is 5.73 Å². The van der Waals surface area contributed by atoms with Crippen LogP contribution in [0.3, 0.4) is 0 Å². The van der Waals surface area contributed by atoms with E-state index in [2.05, 4.69) is 29.6 Å². The van der Waals surface area contributed by atoms with Gasteiger partial charge in [-0.3, -0.25) is 0 Å². The molecule has 2 heteroatoms. The van der Waals surface area contributed by atoms with Crippen molar-refractivity contribution in [1.29, 1.82) is 0 Å². The molecule has 2 nitrogen and oxygen atoms in total. The first kappa shape index (κ1) is 10.3. The minimum absolute atomic E-state index is 0.335. The summed E-state index contributed by atoms with van der Waals surface area (Å²) >= 11 is 0. The van der Waals surface area contributed by atoms with Gasteiger partial charge in [0.2, 0.25) is 0 Å². The summed E-state index contributed by atoms with van der Waals surface area (Å²) in [5.41, 5.74) is 9.20. The Labute approximate surface area is 97.2 Å². The van der Waals surface area contributed by atoms with Crippen LogP contribution in [0, 0.1) is 0 Å². The van der Waals surface area contributed by atoms with Crippen LogP contribution in [0.1, 0.15) is 36.3 Å². The van der Waals surface area contributed by atoms with Gasteiger partial charge in [0.25, 0.3) is 0 Å². The van der Waals surface area contributed by atoms with Crippen LogP contribution < -0.4 is 11.1 Å². The van der Waals surface area contributed by atoms with E-state index >= 15 is 0 Å². The zero-order valence-electron chi connectivity index (χ0n) is 9.71. The van der Waals surface area contributed by atoms with Crippen molar-refractivity contribution in [1.82, 2.24) is 5.32 Å². The van der Waals surface area contributed by atoms with E-state index in [1.807, 2.05) is 0 Å². The van der Waals surface area contributed by atoms with E-state index in [1.165, 1.54) is 30.4 Å². The minimum atomic E-state index is 0.335. The zero-order valence-corrected chi connectivity index (χ0v) is 9.71. The summed E-state index contributed by atoms with van der Waals surface area (Å²) in [6.07, 6.45) is 3.82. The highest BCUT2D eigenvalue weighted by Crippen LogP contribution is 2.47. The molecule has 1 aromatic carbocycles. The van der Waals surface area contributed by atoms with Crippen molar-refractivity contribution in [2.45, 2.75) is 30.6 Å². The molecule has 1 unspecified atom stereocenters. The van der Waals surface area contributed by atoms with Crippen LogP contribution in [0.25, 0.3) is 0 Å². The molecular weight excluding hydrogens is 196 g/mol. The molecule has 1 saturated carbocycles. The summed E-state index contributed by atoms with van der Waals surface area (Å²) in [4.78, 5) is 0. The van der Waals surface area contributed by atoms with Crippen molar-refractivity contribution in [2.75, 3.05) is 19.6 Å². The largest absolute Gasteiger partial charge is 0.330 e. The van der Waals surface area contributed by atoms with Crippen molar-refractivity contribution in [3.63, 3.8) is 0 Å². The molecule has 2 fully saturated rings. The molecule has 1 saturated heterocycles. The van der Waals surface area contributed by atoms with E-state index in [4.69, 9.17) is 5.73 Å². The number of benzene rings is 1. The van der Waals surface area contributed by atoms with Crippen molar-refractivity contribution in [3.8, 4) is 0 Å². The summed E-state index contributed by atoms with van der Waals surface area (Å²) in [5.74, 6) is 0.716. The monoisotopic (exact) mass is 216 g/mol. The average Bonchev–Trinajstić information content (AvgIpc) is 2.95. The van der Waals surface area contributed by atoms with E-state index in [1.54, 1.807) is 0 Å². The highest BCUT2D eigenvalue weighted by molar-refractivity contribution is 5.36. The van der Waals surface area contributed by atoms with Gasteiger partial charge in [-0.05, 0) is 42.9 Å². The lowest BCUT2D eigenvalue weighted by atomic mass is 9.90. The Balaban J connectivity index is 1.87. The molecule has 0 bridgehead atoms. The maximum absolute atomic E-state index is 5.89. The minimum Gasteiger partial charge on any atom is -0.330 e. The molecule has 2 aliphatic rings. The van der Waals surface area contributed by atoms with E-state index < -0.39 is 0 Å².